The summed E-state index contributed by atoms with van der Waals surface area (Å²) in [5.41, 5.74) is -0.349. The van der Waals surface area contributed by atoms with E-state index in [9.17, 15) is 26.8 Å². The fourth-order valence-corrected chi connectivity index (χ4v) is 5.22. The van der Waals surface area contributed by atoms with Crippen LogP contribution in [0.15, 0.2) is 52.3 Å². The highest BCUT2D eigenvalue weighted by Gasteiger charge is 2.26. The maximum Gasteiger partial charge on any atom is 0.348 e. The molecule has 0 radical (unpaired) electrons. The fourth-order valence-electron chi connectivity index (χ4n) is 3.66. The first-order valence-electron chi connectivity index (χ1n) is 10.0. The number of sulfonamides is 1. The largest absolute Gasteiger partial charge is 0.348 e. The predicted molar refractivity (Wildman–Crippen MR) is 114 cm³/mol. The molecule has 0 spiro atoms. The van der Waals surface area contributed by atoms with Crippen molar-refractivity contribution < 1.29 is 22.0 Å². The second kappa shape index (κ2) is 8.75. The van der Waals surface area contributed by atoms with Crippen molar-refractivity contribution in [3.63, 3.8) is 0 Å². The number of fused-ring (bicyclic) bond motifs is 1. The minimum atomic E-state index is -3.68. The van der Waals surface area contributed by atoms with Crippen LogP contribution in [0.3, 0.4) is 0 Å². The van der Waals surface area contributed by atoms with Gasteiger partial charge < -0.3 is 5.32 Å². The van der Waals surface area contributed by atoms with Gasteiger partial charge in [0, 0.05) is 36.4 Å². The summed E-state index contributed by atoms with van der Waals surface area (Å²) >= 11 is 0. The molecule has 1 amide bonds. The van der Waals surface area contributed by atoms with Crippen LogP contribution in [0, 0.1) is 11.6 Å². The Morgan fingerprint density at radius 1 is 1.03 bits per heavy atom. The molecule has 4 rings (SSSR count). The van der Waals surface area contributed by atoms with E-state index in [-0.39, 0.29) is 10.6 Å². The first kappa shape index (κ1) is 22.0. The number of carbonyl (C=O) groups is 1. The Bertz CT molecular complexity index is 1350. The van der Waals surface area contributed by atoms with Crippen molar-refractivity contribution in [3.8, 4) is 0 Å². The number of benzene rings is 2. The van der Waals surface area contributed by atoms with Crippen molar-refractivity contribution in [3.05, 3.63) is 64.7 Å². The Labute approximate surface area is 182 Å². The molecule has 1 aromatic heterocycles. The molecule has 8 nitrogen and oxygen atoms in total. The number of hydrogen-bond acceptors (Lipinski definition) is 5. The summed E-state index contributed by atoms with van der Waals surface area (Å²) in [6, 6.07) is 7.18. The summed E-state index contributed by atoms with van der Waals surface area (Å²) in [6.45, 7) is 0.477. The fraction of sp³-hybridized carbons (Fsp3) is 0.286. The lowest BCUT2D eigenvalue weighted by Gasteiger charge is -2.26. The van der Waals surface area contributed by atoms with Crippen molar-refractivity contribution >= 4 is 32.5 Å². The van der Waals surface area contributed by atoms with Crippen LogP contribution in [0.2, 0.25) is 0 Å². The summed E-state index contributed by atoms with van der Waals surface area (Å²) in [5.74, 6) is -2.82. The average Bonchev–Trinajstić information content (AvgIpc) is 2.78. The Morgan fingerprint density at radius 3 is 2.50 bits per heavy atom. The van der Waals surface area contributed by atoms with Crippen molar-refractivity contribution in [1.29, 1.82) is 0 Å². The van der Waals surface area contributed by atoms with E-state index in [1.54, 1.807) is 0 Å². The second-order valence-corrected chi connectivity index (χ2v) is 9.43. The van der Waals surface area contributed by atoms with Gasteiger partial charge in [0.05, 0.1) is 10.4 Å². The molecule has 168 valence electrons. The van der Waals surface area contributed by atoms with Crippen LogP contribution in [0.5, 0.6) is 0 Å². The number of aromatic nitrogens is 2. The third kappa shape index (κ3) is 4.39. The maximum atomic E-state index is 13.4. The molecular weight excluding hydrogens is 442 g/mol. The Hall–Kier alpha value is -3.18. The monoisotopic (exact) mass is 462 g/mol. The van der Waals surface area contributed by atoms with E-state index >= 15 is 0 Å². The van der Waals surface area contributed by atoms with E-state index in [0.717, 1.165) is 36.0 Å². The smallest absolute Gasteiger partial charge is 0.324 e. The van der Waals surface area contributed by atoms with Gasteiger partial charge in [0.15, 0.2) is 11.6 Å². The lowest BCUT2D eigenvalue weighted by molar-refractivity contribution is -0.116. The predicted octanol–water partition coefficient (Wildman–Crippen LogP) is 2.49. The topological polar surface area (TPSA) is 101 Å². The molecule has 0 bridgehead atoms. The zero-order valence-electron chi connectivity index (χ0n) is 16.9. The van der Waals surface area contributed by atoms with Crippen LogP contribution >= 0.6 is 0 Å². The Kier molecular flexibility index (Phi) is 6.02. The number of carbonyl (C=O) groups excluding carboxylic acids is 1. The molecule has 2 heterocycles. The number of nitrogens with one attached hydrogen (secondary N) is 1. The lowest BCUT2D eigenvalue weighted by atomic mass is 10.2. The Morgan fingerprint density at radius 2 is 1.78 bits per heavy atom. The lowest BCUT2D eigenvalue weighted by Crippen LogP contribution is -2.35. The first-order chi connectivity index (χ1) is 15.3. The highest BCUT2D eigenvalue weighted by Crippen LogP contribution is 2.23. The maximum absolute atomic E-state index is 13.4. The van der Waals surface area contributed by atoms with Crippen molar-refractivity contribution in [2.75, 3.05) is 18.4 Å². The van der Waals surface area contributed by atoms with Gasteiger partial charge in [-0.1, -0.05) is 6.42 Å². The highest BCUT2D eigenvalue weighted by atomic mass is 32.2. The van der Waals surface area contributed by atoms with Crippen molar-refractivity contribution in [2.24, 2.45) is 0 Å². The van der Waals surface area contributed by atoms with E-state index in [0.29, 0.717) is 24.0 Å². The molecule has 2 aromatic carbocycles. The van der Waals surface area contributed by atoms with Gasteiger partial charge in [-0.25, -0.2) is 27.0 Å². The van der Waals surface area contributed by atoms with Gasteiger partial charge in [-0.15, -0.1) is 0 Å². The molecule has 3 aromatic rings. The molecule has 1 N–H and O–H groups in total. The third-order valence-corrected chi connectivity index (χ3v) is 7.19. The standard InChI is InChI=1S/C21H20F2N4O4S/c22-17-6-4-15(11-18(17)23)25-20(28)13-27-19-7-5-16(10-14(19)12-24-21(27)29)32(30,31)26-8-2-1-3-9-26/h4-7,10-12H,1-3,8-9,13H2,(H,25,28). The molecular formula is C21H20F2N4O4S. The molecule has 1 aliphatic rings. The number of piperidine rings is 1. The molecule has 1 fully saturated rings. The second-order valence-electron chi connectivity index (χ2n) is 7.49. The van der Waals surface area contributed by atoms with Crippen LogP contribution in [0.4, 0.5) is 14.5 Å². The number of hydrogen-bond donors (Lipinski definition) is 1. The van der Waals surface area contributed by atoms with Crippen LogP contribution in [-0.4, -0.2) is 41.3 Å². The van der Waals surface area contributed by atoms with Gasteiger partial charge in [0.25, 0.3) is 0 Å². The summed E-state index contributed by atoms with van der Waals surface area (Å²) in [5, 5.41) is 2.77. The molecule has 0 atom stereocenters. The molecule has 0 aliphatic carbocycles. The summed E-state index contributed by atoms with van der Waals surface area (Å²) in [6.07, 6.45) is 3.87. The zero-order valence-corrected chi connectivity index (χ0v) is 17.7. The van der Waals surface area contributed by atoms with Crippen LogP contribution in [0.1, 0.15) is 19.3 Å². The van der Waals surface area contributed by atoms with E-state index in [4.69, 9.17) is 0 Å². The summed E-state index contributed by atoms with van der Waals surface area (Å²) in [4.78, 5) is 28.5. The normalized spacial score (nSPS) is 15.1. The number of anilines is 1. The van der Waals surface area contributed by atoms with Crippen LogP contribution in [-0.2, 0) is 21.4 Å². The van der Waals surface area contributed by atoms with E-state index in [2.05, 4.69) is 10.3 Å². The molecule has 11 heteroatoms. The number of rotatable bonds is 5. The molecule has 32 heavy (non-hydrogen) atoms. The number of halogens is 2. The van der Waals surface area contributed by atoms with Gasteiger partial charge in [0.1, 0.15) is 6.54 Å². The minimum Gasteiger partial charge on any atom is -0.324 e. The minimum absolute atomic E-state index is 0.0325. The SMILES string of the molecule is O=C(Cn1c(=O)ncc2cc(S(=O)(=O)N3CCCCC3)ccc21)Nc1ccc(F)c(F)c1. The average molecular weight is 462 g/mol. The van der Waals surface area contributed by atoms with Gasteiger partial charge in [-0.2, -0.15) is 4.31 Å². The Balaban J connectivity index is 1.62. The summed E-state index contributed by atoms with van der Waals surface area (Å²) < 4.78 is 54.8. The van der Waals surface area contributed by atoms with Crippen LogP contribution < -0.4 is 11.0 Å². The summed E-state index contributed by atoms with van der Waals surface area (Å²) in [7, 11) is -3.68. The zero-order chi connectivity index (χ0) is 22.9. The molecule has 0 saturated carbocycles. The van der Waals surface area contributed by atoms with Crippen molar-refractivity contribution in [1.82, 2.24) is 13.9 Å². The third-order valence-electron chi connectivity index (χ3n) is 5.29. The number of amides is 1. The molecule has 0 unspecified atom stereocenters. The van der Waals surface area contributed by atoms with E-state index in [1.165, 1.54) is 34.8 Å². The quantitative estimate of drug-likeness (QED) is 0.628. The van der Waals surface area contributed by atoms with Gasteiger partial charge >= 0.3 is 5.69 Å². The first-order valence-corrected chi connectivity index (χ1v) is 11.4. The highest BCUT2D eigenvalue weighted by molar-refractivity contribution is 7.89. The van der Waals surface area contributed by atoms with Crippen LogP contribution in [0.25, 0.3) is 10.9 Å². The number of nitrogens with zero attached hydrogens (tertiary/aromatic N) is 3. The van der Waals surface area contributed by atoms with Gasteiger partial charge in [-0.3, -0.25) is 9.36 Å². The van der Waals surface area contributed by atoms with Gasteiger partial charge in [-0.05, 0) is 43.2 Å². The van der Waals surface area contributed by atoms with E-state index < -0.39 is 39.8 Å². The molecule has 1 saturated heterocycles. The van der Waals surface area contributed by atoms with E-state index in [1.807, 2.05) is 0 Å². The van der Waals surface area contributed by atoms with Crippen molar-refractivity contribution in [2.45, 2.75) is 30.7 Å². The van der Waals surface area contributed by atoms with Gasteiger partial charge in [0.2, 0.25) is 15.9 Å². The molecule has 1 aliphatic heterocycles.